The molecule has 0 aliphatic heterocycles. The Morgan fingerprint density at radius 3 is 2.38 bits per heavy atom. The fraction of sp³-hybridized carbons (Fsp3) is 0.368. The van der Waals surface area contributed by atoms with Gasteiger partial charge in [-0.2, -0.15) is 0 Å². The van der Waals surface area contributed by atoms with Crippen LogP contribution in [0.25, 0.3) is 0 Å². The molecule has 2 rings (SSSR count). The highest BCUT2D eigenvalue weighted by Gasteiger charge is 2.09. The Morgan fingerprint density at radius 1 is 1.04 bits per heavy atom. The number of methoxy groups -OCH3 is 3. The zero-order chi connectivity index (χ0) is 19.1. The SMILES string of the molecule is COc1ccc(CCNC(=O)Cn2cc(OC)c(=O)cc2C)cc1OC. The number of nitrogens with one attached hydrogen (secondary N) is 1. The summed E-state index contributed by atoms with van der Waals surface area (Å²) in [5.41, 5.74) is 1.53. The van der Waals surface area contributed by atoms with Gasteiger partial charge in [0.15, 0.2) is 17.2 Å². The van der Waals surface area contributed by atoms with Crippen molar-refractivity contribution >= 4 is 5.91 Å². The number of aromatic nitrogens is 1. The lowest BCUT2D eigenvalue weighted by Crippen LogP contribution is -2.30. The Balaban J connectivity index is 1.93. The lowest BCUT2D eigenvalue weighted by Gasteiger charge is -2.13. The molecule has 140 valence electrons. The minimum Gasteiger partial charge on any atom is -0.493 e. The maximum Gasteiger partial charge on any atom is 0.239 e. The summed E-state index contributed by atoms with van der Waals surface area (Å²) in [7, 11) is 4.61. The van der Waals surface area contributed by atoms with Crippen LogP contribution >= 0.6 is 0 Å². The Bertz CT molecular complexity index is 829. The number of amides is 1. The van der Waals surface area contributed by atoms with Crippen LogP contribution in [0, 0.1) is 6.92 Å². The van der Waals surface area contributed by atoms with E-state index in [2.05, 4.69) is 5.32 Å². The predicted molar refractivity (Wildman–Crippen MR) is 98.3 cm³/mol. The summed E-state index contributed by atoms with van der Waals surface area (Å²) in [6.07, 6.45) is 2.21. The molecule has 0 radical (unpaired) electrons. The molecule has 0 saturated carbocycles. The molecule has 0 unspecified atom stereocenters. The van der Waals surface area contributed by atoms with Crippen molar-refractivity contribution in [3.63, 3.8) is 0 Å². The van der Waals surface area contributed by atoms with Crippen molar-refractivity contribution in [3.05, 3.63) is 51.9 Å². The number of hydrogen-bond acceptors (Lipinski definition) is 5. The van der Waals surface area contributed by atoms with Crippen molar-refractivity contribution in [2.45, 2.75) is 19.9 Å². The van der Waals surface area contributed by atoms with Crippen molar-refractivity contribution in [2.24, 2.45) is 0 Å². The molecule has 7 nitrogen and oxygen atoms in total. The summed E-state index contributed by atoms with van der Waals surface area (Å²) >= 11 is 0. The van der Waals surface area contributed by atoms with Crippen LogP contribution in [0.3, 0.4) is 0 Å². The molecular formula is C19H24N2O5. The van der Waals surface area contributed by atoms with Gasteiger partial charge >= 0.3 is 0 Å². The Labute approximate surface area is 152 Å². The maximum absolute atomic E-state index is 12.2. The van der Waals surface area contributed by atoms with Crippen LogP contribution in [0.15, 0.2) is 35.3 Å². The van der Waals surface area contributed by atoms with E-state index >= 15 is 0 Å². The first-order chi connectivity index (χ1) is 12.5. The normalized spacial score (nSPS) is 10.3. The minimum atomic E-state index is -0.199. The molecule has 0 bridgehead atoms. The molecule has 0 fully saturated rings. The monoisotopic (exact) mass is 360 g/mol. The standard InChI is InChI=1S/C19H24N2O5/c1-13-9-15(22)18(26-4)11-21(13)12-19(23)20-8-7-14-5-6-16(24-2)17(10-14)25-3/h5-6,9-11H,7-8,12H2,1-4H3,(H,20,23). The van der Waals surface area contributed by atoms with E-state index in [1.165, 1.54) is 13.2 Å². The number of ether oxygens (including phenoxy) is 3. The molecular weight excluding hydrogens is 336 g/mol. The first-order valence-electron chi connectivity index (χ1n) is 8.21. The largest absolute Gasteiger partial charge is 0.493 e. The molecule has 1 aromatic heterocycles. The molecule has 1 N–H and O–H groups in total. The maximum atomic E-state index is 12.2. The zero-order valence-corrected chi connectivity index (χ0v) is 15.5. The summed E-state index contributed by atoms with van der Waals surface area (Å²) < 4.78 is 17.2. The van der Waals surface area contributed by atoms with Crippen molar-refractivity contribution in [3.8, 4) is 17.2 Å². The lowest BCUT2D eigenvalue weighted by molar-refractivity contribution is -0.121. The van der Waals surface area contributed by atoms with Gasteiger partial charge in [0.1, 0.15) is 6.54 Å². The summed E-state index contributed by atoms with van der Waals surface area (Å²) in [6, 6.07) is 7.12. The van der Waals surface area contributed by atoms with Crippen LogP contribution in [0.1, 0.15) is 11.3 Å². The highest BCUT2D eigenvalue weighted by molar-refractivity contribution is 5.75. The third kappa shape index (κ3) is 4.78. The summed E-state index contributed by atoms with van der Waals surface area (Å²) in [5.74, 6) is 1.41. The number of hydrogen-bond donors (Lipinski definition) is 1. The molecule has 0 aliphatic carbocycles. The number of carbonyl (C=O) groups is 1. The molecule has 0 atom stereocenters. The number of rotatable bonds is 8. The molecule has 0 aliphatic rings. The molecule has 7 heteroatoms. The molecule has 2 aromatic rings. The molecule has 0 saturated heterocycles. The first kappa shape index (κ1) is 19.4. The fourth-order valence-electron chi connectivity index (χ4n) is 2.57. The summed E-state index contributed by atoms with van der Waals surface area (Å²) in [6.45, 7) is 2.39. The van der Waals surface area contributed by atoms with Crippen LogP contribution in [-0.2, 0) is 17.8 Å². The lowest BCUT2D eigenvalue weighted by atomic mass is 10.1. The zero-order valence-electron chi connectivity index (χ0n) is 15.5. The van der Waals surface area contributed by atoms with E-state index < -0.39 is 0 Å². The van der Waals surface area contributed by atoms with Gasteiger partial charge < -0.3 is 24.1 Å². The third-order valence-electron chi connectivity index (χ3n) is 4.03. The second-order valence-corrected chi connectivity index (χ2v) is 5.76. The van der Waals surface area contributed by atoms with E-state index in [4.69, 9.17) is 14.2 Å². The summed E-state index contributed by atoms with van der Waals surface area (Å²) in [5, 5.41) is 2.87. The van der Waals surface area contributed by atoms with E-state index in [0.29, 0.717) is 30.2 Å². The van der Waals surface area contributed by atoms with Gasteiger partial charge in [-0.3, -0.25) is 9.59 Å². The van der Waals surface area contributed by atoms with Crippen LogP contribution < -0.4 is 25.0 Å². The van der Waals surface area contributed by atoms with E-state index in [9.17, 15) is 9.59 Å². The second-order valence-electron chi connectivity index (χ2n) is 5.76. The van der Waals surface area contributed by atoms with Gasteiger partial charge in [0.25, 0.3) is 0 Å². The van der Waals surface area contributed by atoms with Gasteiger partial charge in [-0.1, -0.05) is 6.07 Å². The molecule has 0 spiro atoms. The molecule has 1 amide bonds. The molecule has 1 aromatic carbocycles. The average Bonchev–Trinajstić information content (AvgIpc) is 2.63. The van der Waals surface area contributed by atoms with Crippen molar-refractivity contribution in [1.82, 2.24) is 9.88 Å². The number of benzene rings is 1. The van der Waals surface area contributed by atoms with E-state index in [0.717, 1.165) is 5.56 Å². The van der Waals surface area contributed by atoms with Gasteiger partial charge in [0.05, 0.1) is 27.5 Å². The van der Waals surface area contributed by atoms with Gasteiger partial charge in [-0.15, -0.1) is 0 Å². The number of nitrogens with zero attached hydrogens (tertiary/aromatic N) is 1. The summed E-state index contributed by atoms with van der Waals surface area (Å²) in [4.78, 5) is 23.8. The quantitative estimate of drug-likeness (QED) is 0.773. The smallest absolute Gasteiger partial charge is 0.239 e. The highest BCUT2D eigenvalue weighted by Crippen LogP contribution is 2.27. The van der Waals surface area contributed by atoms with Crippen molar-refractivity contribution in [2.75, 3.05) is 27.9 Å². The highest BCUT2D eigenvalue weighted by atomic mass is 16.5. The number of pyridine rings is 1. The van der Waals surface area contributed by atoms with Gasteiger partial charge in [0.2, 0.25) is 11.3 Å². The van der Waals surface area contributed by atoms with Crippen LogP contribution in [-0.4, -0.2) is 38.3 Å². The Morgan fingerprint density at radius 2 is 1.73 bits per heavy atom. The van der Waals surface area contributed by atoms with Crippen LogP contribution in [0.4, 0.5) is 0 Å². The minimum absolute atomic E-state index is 0.119. The number of aryl methyl sites for hydroxylation is 1. The van der Waals surface area contributed by atoms with Gasteiger partial charge in [-0.05, 0) is 31.0 Å². The van der Waals surface area contributed by atoms with E-state index in [-0.39, 0.29) is 23.6 Å². The van der Waals surface area contributed by atoms with Gasteiger partial charge in [-0.25, -0.2) is 0 Å². The second kappa shape index (κ2) is 8.94. The predicted octanol–water partition coefficient (Wildman–Crippen LogP) is 1.54. The Kier molecular flexibility index (Phi) is 6.66. The molecule has 26 heavy (non-hydrogen) atoms. The topological polar surface area (TPSA) is 78.8 Å². The van der Waals surface area contributed by atoms with Crippen molar-refractivity contribution in [1.29, 1.82) is 0 Å². The van der Waals surface area contributed by atoms with Crippen molar-refractivity contribution < 1.29 is 19.0 Å². The van der Waals surface area contributed by atoms with E-state index in [1.54, 1.807) is 31.9 Å². The first-order valence-corrected chi connectivity index (χ1v) is 8.21. The number of carbonyl (C=O) groups excluding carboxylic acids is 1. The average molecular weight is 360 g/mol. The Hall–Kier alpha value is -2.96. The van der Waals surface area contributed by atoms with Crippen LogP contribution in [0.2, 0.25) is 0 Å². The van der Waals surface area contributed by atoms with E-state index in [1.807, 2.05) is 18.2 Å². The molecule has 1 heterocycles. The fourth-order valence-corrected chi connectivity index (χ4v) is 2.57. The van der Waals surface area contributed by atoms with Gasteiger partial charge in [0, 0.05) is 18.3 Å². The van der Waals surface area contributed by atoms with Crippen LogP contribution in [0.5, 0.6) is 17.2 Å². The third-order valence-corrected chi connectivity index (χ3v) is 4.03.